The summed E-state index contributed by atoms with van der Waals surface area (Å²) in [5, 5.41) is 22.7. The Morgan fingerprint density at radius 2 is 1.82 bits per heavy atom. The number of benzene rings is 2. The van der Waals surface area contributed by atoms with Crippen LogP contribution in [-0.4, -0.2) is 33.6 Å². The lowest BCUT2D eigenvalue weighted by molar-refractivity contribution is -0.118. The summed E-state index contributed by atoms with van der Waals surface area (Å²) < 4.78 is 0. The van der Waals surface area contributed by atoms with Crippen LogP contribution in [0.15, 0.2) is 42.5 Å². The van der Waals surface area contributed by atoms with Crippen molar-refractivity contribution in [1.29, 1.82) is 0 Å². The van der Waals surface area contributed by atoms with Crippen LogP contribution in [0.4, 0.5) is 0 Å². The molecule has 0 radical (unpaired) electrons. The van der Waals surface area contributed by atoms with E-state index in [0.29, 0.717) is 13.0 Å². The monoisotopic (exact) mass is 396 g/mol. The Bertz CT molecular complexity index is 1040. The van der Waals surface area contributed by atoms with Gasteiger partial charge in [0.05, 0.1) is 15.6 Å². The fourth-order valence-corrected chi connectivity index (χ4v) is 3.97. The molecule has 0 fully saturated rings. The highest BCUT2D eigenvalue weighted by atomic mass is 32.1. The van der Waals surface area contributed by atoms with Crippen LogP contribution in [-0.2, 0) is 11.2 Å². The van der Waals surface area contributed by atoms with Gasteiger partial charge in [0.25, 0.3) is 0 Å². The number of carbonyl (C=O) groups excluding carboxylic acids is 1. The Labute approximate surface area is 166 Å². The first kappa shape index (κ1) is 19.6. The molecule has 0 spiro atoms. The molecule has 0 unspecified atom stereocenters. The number of carboxylic acid groups (broad SMARTS) is 1. The molecular formula is C21H20N2O4S. The highest BCUT2D eigenvalue weighted by Crippen LogP contribution is 2.34. The maximum Gasteiger partial charge on any atom is 0.339 e. The number of hydrogen-bond donors (Lipinski definition) is 3. The van der Waals surface area contributed by atoms with Crippen molar-refractivity contribution in [1.82, 2.24) is 10.3 Å². The van der Waals surface area contributed by atoms with Gasteiger partial charge in [0.1, 0.15) is 11.3 Å². The number of rotatable bonds is 6. The average Bonchev–Trinajstić information content (AvgIpc) is 3.01. The minimum absolute atomic E-state index is 0.0571. The van der Waals surface area contributed by atoms with Gasteiger partial charge >= 0.3 is 5.97 Å². The van der Waals surface area contributed by atoms with Crippen molar-refractivity contribution < 1.29 is 19.8 Å². The number of carboxylic acids is 1. The molecule has 1 heterocycles. The molecule has 0 aliphatic rings. The number of hydrogen-bond acceptors (Lipinski definition) is 5. The lowest BCUT2D eigenvalue weighted by Gasteiger charge is -2.07. The molecular weight excluding hydrogens is 376 g/mol. The lowest BCUT2D eigenvalue weighted by Crippen LogP contribution is -2.22. The van der Waals surface area contributed by atoms with Gasteiger partial charge in [-0.1, -0.05) is 24.3 Å². The molecule has 0 aliphatic heterocycles. The Morgan fingerprint density at radius 1 is 1.11 bits per heavy atom. The quantitative estimate of drug-likeness (QED) is 0.587. The second-order valence-electron chi connectivity index (χ2n) is 6.37. The minimum Gasteiger partial charge on any atom is -0.507 e. The van der Waals surface area contributed by atoms with Crippen LogP contribution in [0.5, 0.6) is 5.75 Å². The number of aromatic nitrogens is 1. The molecule has 6 nitrogen and oxygen atoms in total. The zero-order chi connectivity index (χ0) is 20.3. The fourth-order valence-electron chi connectivity index (χ4n) is 2.90. The summed E-state index contributed by atoms with van der Waals surface area (Å²) >= 11 is 1.59. The first-order chi connectivity index (χ1) is 13.3. The van der Waals surface area contributed by atoms with Gasteiger partial charge in [-0.3, -0.25) is 4.79 Å². The van der Waals surface area contributed by atoms with Gasteiger partial charge in [-0.05, 0) is 41.8 Å². The first-order valence-electron chi connectivity index (χ1n) is 8.73. The van der Waals surface area contributed by atoms with Gasteiger partial charge in [0, 0.05) is 19.9 Å². The van der Waals surface area contributed by atoms with Gasteiger partial charge in [0.2, 0.25) is 5.91 Å². The number of nitrogens with one attached hydrogen (secondary N) is 1. The third kappa shape index (κ3) is 4.37. The van der Waals surface area contributed by atoms with Crippen LogP contribution in [0.1, 0.15) is 28.0 Å². The molecule has 0 aliphatic carbocycles. The van der Waals surface area contributed by atoms with Gasteiger partial charge < -0.3 is 15.5 Å². The SMILES string of the molecule is CC(=O)NCCc1nc(C)c(-c2cccc(-c3ccc(C(=O)O)c(O)c3)c2)s1. The Hall–Kier alpha value is -3.19. The van der Waals surface area contributed by atoms with E-state index in [-0.39, 0.29) is 17.2 Å². The fraction of sp³-hybridized carbons (Fsp3) is 0.190. The molecule has 3 rings (SSSR count). The van der Waals surface area contributed by atoms with Crippen molar-refractivity contribution in [3.63, 3.8) is 0 Å². The molecule has 0 saturated carbocycles. The van der Waals surface area contributed by atoms with E-state index in [0.717, 1.165) is 32.3 Å². The van der Waals surface area contributed by atoms with Crippen molar-refractivity contribution >= 4 is 23.2 Å². The molecule has 1 aromatic heterocycles. The van der Waals surface area contributed by atoms with E-state index < -0.39 is 5.97 Å². The van der Waals surface area contributed by atoms with Crippen LogP contribution in [0.2, 0.25) is 0 Å². The van der Waals surface area contributed by atoms with Crippen LogP contribution in [0.25, 0.3) is 21.6 Å². The molecule has 1 amide bonds. The summed E-state index contributed by atoms with van der Waals surface area (Å²) in [5.41, 5.74) is 3.40. The third-order valence-electron chi connectivity index (χ3n) is 4.24. The highest BCUT2D eigenvalue weighted by molar-refractivity contribution is 7.15. The zero-order valence-electron chi connectivity index (χ0n) is 15.5. The van der Waals surface area contributed by atoms with Crippen molar-refractivity contribution in [2.24, 2.45) is 0 Å². The summed E-state index contributed by atoms with van der Waals surface area (Å²) in [4.78, 5) is 27.7. The summed E-state index contributed by atoms with van der Waals surface area (Å²) in [6.45, 7) is 4.00. The number of aromatic hydroxyl groups is 1. The largest absolute Gasteiger partial charge is 0.507 e. The zero-order valence-corrected chi connectivity index (χ0v) is 16.3. The molecule has 0 saturated heterocycles. The van der Waals surface area contributed by atoms with Crippen LogP contribution >= 0.6 is 11.3 Å². The van der Waals surface area contributed by atoms with Gasteiger partial charge in [-0.25, -0.2) is 9.78 Å². The topological polar surface area (TPSA) is 99.5 Å². The molecule has 0 atom stereocenters. The maximum atomic E-state index is 11.1. The summed E-state index contributed by atoms with van der Waals surface area (Å²) in [6, 6.07) is 12.4. The van der Waals surface area contributed by atoms with E-state index >= 15 is 0 Å². The first-order valence-corrected chi connectivity index (χ1v) is 9.54. The number of amides is 1. The molecule has 0 bridgehead atoms. The van der Waals surface area contributed by atoms with Crippen LogP contribution in [0, 0.1) is 6.92 Å². The molecule has 144 valence electrons. The second kappa shape index (κ2) is 8.22. The number of aromatic carboxylic acids is 1. The normalized spacial score (nSPS) is 10.6. The second-order valence-corrected chi connectivity index (χ2v) is 7.46. The third-order valence-corrected chi connectivity index (χ3v) is 5.51. The van der Waals surface area contributed by atoms with Crippen molar-refractivity contribution in [3.05, 3.63) is 58.7 Å². The Balaban J connectivity index is 1.88. The Morgan fingerprint density at radius 3 is 2.50 bits per heavy atom. The van der Waals surface area contributed by atoms with Crippen LogP contribution < -0.4 is 5.32 Å². The van der Waals surface area contributed by atoms with E-state index in [1.165, 1.54) is 19.1 Å². The number of thiazole rings is 1. The lowest BCUT2D eigenvalue weighted by atomic mass is 10.0. The van der Waals surface area contributed by atoms with Gasteiger partial charge in [0.15, 0.2) is 0 Å². The van der Waals surface area contributed by atoms with E-state index in [1.807, 2.05) is 31.2 Å². The summed E-state index contributed by atoms with van der Waals surface area (Å²) in [6.07, 6.45) is 0.676. The minimum atomic E-state index is -1.16. The Kier molecular flexibility index (Phi) is 5.75. The van der Waals surface area contributed by atoms with E-state index in [2.05, 4.69) is 10.3 Å². The number of phenols is 1. The number of carbonyl (C=O) groups is 2. The molecule has 7 heteroatoms. The van der Waals surface area contributed by atoms with Crippen LogP contribution in [0.3, 0.4) is 0 Å². The highest BCUT2D eigenvalue weighted by Gasteiger charge is 2.13. The maximum absolute atomic E-state index is 11.1. The number of aryl methyl sites for hydroxylation is 1. The molecule has 2 aromatic carbocycles. The molecule has 28 heavy (non-hydrogen) atoms. The number of nitrogens with zero attached hydrogens (tertiary/aromatic N) is 1. The van der Waals surface area contributed by atoms with E-state index in [9.17, 15) is 14.7 Å². The average molecular weight is 396 g/mol. The predicted octanol–water partition coefficient (Wildman–Crippen LogP) is 3.87. The summed E-state index contributed by atoms with van der Waals surface area (Å²) in [7, 11) is 0. The van der Waals surface area contributed by atoms with Gasteiger partial charge in [-0.15, -0.1) is 11.3 Å². The summed E-state index contributed by atoms with van der Waals surface area (Å²) in [5.74, 6) is -1.48. The smallest absolute Gasteiger partial charge is 0.339 e. The van der Waals surface area contributed by atoms with Gasteiger partial charge in [-0.2, -0.15) is 0 Å². The standard InChI is InChI=1S/C21H20N2O4S/c1-12-20(28-19(23-12)8-9-22-13(2)24)16-5-3-4-14(10-16)15-6-7-17(21(26)27)18(25)11-15/h3-7,10-11,25H,8-9H2,1-2H3,(H,22,24)(H,26,27). The van der Waals surface area contributed by atoms with Crippen molar-refractivity contribution in [2.45, 2.75) is 20.3 Å². The van der Waals surface area contributed by atoms with Crippen molar-refractivity contribution in [2.75, 3.05) is 6.54 Å². The van der Waals surface area contributed by atoms with E-state index in [1.54, 1.807) is 17.4 Å². The van der Waals surface area contributed by atoms with Crippen molar-refractivity contribution in [3.8, 4) is 27.3 Å². The van der Waals surface area contributed by atoms with E-state index in [4.69, 9.17) is 5.11 Å². The predicted molar refractivity (Wildman–Crippen MR) is 109 cm³/mol. The molecule has 3 aromatic rings. The molecule has 3 N–H and O–H groups in total.